The number of hydrogen-bond donors (Lipinski definition) is 2. The van der Waals surface area contributed by atoms with Crippen LogP contribution in [0, 0.1) is 11.8 Å². The van der Waals surface area contributed by atoms with Gasteiger partial charge in [0.1, 0.15) is 0 Å². The van der Waals surface area contributed by atoms with E-state index in [1.54, 1.807) is 13.8 Å². The summed E-state index contributed by atoms with van der Waals surface area (Å²) >= 11 is 11.2. The summed E-state index contributed by atoms with van der Waals surface area (Å²) in [7, 11) is -4.01. The molecule has 0 amide bonds. The summed E-state index contributed by atoms with van der Waals surface area (Å²) in [5.74, 6) is -0.350. The van der Waals surface area contributed by atoms with E-state index in [0.717, 1.165) is 0 Å². The summed E-state index contributed by atoms with van der Waals surface area (Å²) in [6, 6.07) is 0. The smallest absolute Gasteiger partial charge is 0.203 e. The molecule has 0 radical (unpaired) electrons. The Kier molecular flexibility index (Phi) is 9.62. The molecule has 2 N–H and O–H groups in total. The Bertz CT molecular complexity index is 309. The Hall–Kier alpha value is 0.450. The predicted molar refractivity (Wildman–Crippen MR) is 79.2 cm³/mol. The van der Waals surface area contributed by atoms with Gasteiger partial charge in [-0.1, -0.05) is 13.8 Å². The zero-order valence-corrected chi connectivity index (χ0v) is 13.8. The summed E-state index contributed by atoms with van der Waals surface area (Å²) in [6.45, 7) is 3.58. The Balaban J connectivity index is 5.01. The number of sulfone groups is 1. The second kappa shape index (κ2) is 9.40. The van der Waals surface area contributed by atoms with E-state index in [0.29, 0.717) is 25.7 Å². The maximum Gasteiger partial charge on any atom is 0.203 e. The minimum atomic E-state index is -4.01. The van der Waals surface area contributed by atoms with Crippen LogP contribution in [-0.4, -0.2) is 41.3 Å². The monoisotopic (exact) mass is 334 g/mol. The number of rotatable bonds is 10. The Labute approximate surface area is 126 Å². The van der Waals surface area contributed by atoms with Crippen molar-refractivity contribution in [2.75, 3.05) is 11.8 Å². The van der Waals surface area contributed by atoms with E-state index in [4.69, 9.17) is 23.2 Å². The SMILES string of the molecule is CCC(CCCl)C(O)S(=O)(=O)C(O)C(CC)CCCl. The zero-order valence-electron chi connectivity index (χ0n) is 11.4. The predicted octanol–water partition coefficient (Wildman–Crippen LogP) is 2.35. The van der Waals surface area contributed by atoms with Crippen LogP contribution in [0.1, 0.15) is 39.5 Å². The number of hydrogen-bond acceptors (Lipinski definition) is 4. The average Bonchev–Trinajstić information content (AvgIpc) is 2.40. The van der Waals surface area contributed by atoms with Crippen LogP contribution in [0.25, 0.3) is 0 Å². The highest BCUT2D eigenvalue weighted by atomic mass is 35.5. The van der Waals surface area contributed by atoms with Gasteiger partial charge in [0.2, 0.25) is 9.84 Å². The fourth-order valence-corrected chi connectivity index (χ4v) is 4.63. The summed E-state index contributed by atoms with van der Waals surface area (Å²) < 4.78 is 24.4. The topological polar surface area (TPSA) is 74.6 Å². The number of alkyl halides is 2. The van der Waals surface area contributed by atoms with Gasteiger partial charge in [-0.15, -0.1) is 23.2 Å². The van der Waals surface area contributed by atoms with Crippen LogP contribution in [0.4, 0.5) is 0 Å². The van der Waals surface area contributed by atoms with E-state index in [1.165, 1.54) is 0 Å². The quantitative estimate of drug-likeness (QED) is 0.601. The minimum absolute atomic E-state index is 0.278. The molecule has 0 aliphatic carbocycles. The van der Waals surface area contributed by atoms with Gasteiger partial charge < -0.3 is 10.2 Å². The van der Waals surface area contributed by atoms with Crippen molar-refractivity contribution in [3.63, 3.8) is 0 Å². The van der Waals surface area contributed by atoms with E-state index < -0.39 is 32.5 Å². The molecule has 0 fully saturated rings. The zero-order chi connectivity index (χ0) is 15.1. The van der Waals surface area contributed by atoms with Crippen molar-refractivity contribution in [2.24, 2.45) is 11.8 Å². The first-order valence-electron chi connectivity index (χ1n) is 6.57. The van der Waals surface area contributed by atoms with E-state index in [2.05, 4.69) is 0 Å². The van der Waals surface area contributed by atoms with Gasteiger partial charge in [0.15, 0.2) is 10.9 Å². The summed E-state index contributed by atoms with van der Waals surface area (Å²) in [5.41, 5.74) is -3.15. The average molecular weight is 335 g/mol. The summed E-state index contributed by atoms with van der Waals surface area (Å²) in [6.07, 6.45) is 1.78. The molecule has 116 valence electrons. The molecule has 7 heteroatoms. The van der Waals surface area contributed by atoms with Crippen LogP contribution in [0.5, 0.6) is 0 Å². The van der Waals surface area contributed by atoms with Crippen LogP contribution in [0.15, 0.2) is 0 Å². The second-order valence-corrected chi connectivity index (χ2v) is 7.56. The normalized spacial score (nSPS) is 18.8. The Morgan fingerprint density at radius 3 is 1.42 bits per heavy atom. The van der Waals surface area contributed by atoms with Crippen molar-refractivity contribution < 1.29 is 18.6 Å². The van der Waals surface area contributed by atoms with Gasteiger partial charge in [0.05, 0.1) is 0 Å². The van der Waals surface area contributed by atoms with E-state index >= 15 is 0 Å². The first kappa shape index (κ1) is 19.4. The third-order valence-electron chi connectivity index (χ3n) is 3.49. The van der Waals surface area contributed by atoms with Crippen LogP contribution < -0.4 is 0 Å². The van der Waals surface area contributed by atoms with Gasteiger partial charge >= 0.3 is 0 Å². The van der Waals surface area contributed by atoms with Crippen molar-refractivity contribution in [1.29, 1.82) is 0 Å². The van der Waals surface area contributed by atoms with Gasteiger partial charge in [0, 0.05) is 23.6 Å². The van der Waals surface area contributed by atoms with E-state index in [9.17, 15) is 18.6 Å². The molecule has 0 aliphatic heterocycles. The first-order chi connectivity index (χ1) is 8.86. The van der Waals surface area contributed by atoms with Crippen LogP contribution in [0.2, 0.25) is 0 Å². The van der Waals surface area contributed by atoms with Crippen LogP contribution in [0.3, 0.4) is 0 Å². The maximum atomic E-state index is 12.2. The van der Waals surface area contributed by atoms with Gasteiger partial charge in [-0.3, -0.25) is 0 Å². The van der Waals surface area contributed by atoms with Gasteiger partial charge in [-0.2, -0.15) is 0 Å². The lowest BCUT2D eigenvalue weighted by Gasteiger charge is -2.27. The molecule has 0 aromatic carbocycles. The van der Waals surface area contributed by atoms with Crippen LogP contribution >= 0.6 is 23.2 Å². The summed E-state index contributed by atoms with van der Waals surface area (Å²) in [4.78, 5) is 0. The van der Waals surface area contributed by atoms with Gasteiger partial charge in [-0.05, 0) is 25.7 Å². The lowest BCUT2D eigenvalue weighted by molar-refractivity contribution is 0.137. The molecule has 0 saturated carbocycles. The maximum absolute atomic E-state index is 12.2. The molecule has 4 unspecified atom stereocenters. The number of aliphatic hydroxyl groups is 2. The van der Waals surface area contributed by atoms with E-state index in [-0.39, 0.29) is 11.8 Å². The molecule has 0 aromatic heterocycles. The standard InChI is InChI=1S/C12H24Cl2O4S/c1-3-9(5-7-13)11(15)19(17,18)12(16)10(4-2)6-8-14/h9-12,15-16H,3-8H2,1-2H3. The van der Waals surface area contributed by atoms with Crippen molar-refractivity contribution in [2.45, 2.75) is 50.4 Å². The third kappa shape index (κ3) is 5.38. The van der Waals surface area contributed by atoms with Crippen molar-refractivity contribution >= 4 is 33.0 Å². The van der Waals surface area contributed by atoms with Crippen molar-refractivity contribution in [3.8, 4) is 0 Å². The van der Waals surface area contributed by atoms with Crippen molar-refractivity contribution in [1.82, 2.24) is 0 Å². The molecule has 0 saturated heterocycles. The molecule has 0 aromatic rings. The highest BCUT2D eigenvalue weighted by Gasteiger charge is 2.39. The fraction of sp³-hybridized carbons (Fsp3) is 1.00. The molecule has 0 rings (SSSR count). The third-order valence-corrected chi connectivity index (χ3v) is 6.04. The fourth-order valence-electron chi connectivity index (χ4n) is 2.06. The highest BCUT2D eigenvalue weighted by molar-refractivity contribution is 7.92. The molecule has 19 heavy (non-hydrogen) atoms. The number of halogens is 2. The summed E-state index contributed by atoms with van der Waals surface area (Å²) in [5, 5.41) is 20.0. The molecule has 0 bridgehead atoms. The van der Waals surface area contributed by atoms with Crippen LogP contribution in [-0.2, 0) is 9.84 Å². The van der Waals surface area contributed by atoms with Crippen molar-refractivity contribution in [3.05, 3.63) is 0 Å². The molecular weight excluding hydrogens is 311 g/mol. The van der Waals surface area contributed by atoms with E-state index in [1.807, 2.05) is 0 Å². The Morgan fingerprint density at radius 1 is 0.895 bits per heavy atom. The molecule has 0 spiro atoms. The minimum Gasteiger partial charge on any atom is -0.377 e. The molecule has 0 aliphatic rings. The Morgan fingerprint density at radius 2 is 1.21 bits per heavy atom. The lowest BCUT2D eigenvalue weighted by atomic mass is 10.0. The molecule has 4 atom stereocenters. The lowest BCUT2D eigenvalue weighted by Crippen LogP contribution is -2.41. The second-order valence-electron chi connectivity index (χ2n) is 4.66. The highest BCUT2D eigenvalue weighted by Crippen LogP contribution is 2.27. The molecular formula is C12H24Cl2O4S. The van der Waals surface area contributed by atoms with Gasteiger partial charge in [-0.25, -0.2) is 8.42 Å². The molecule has 4 nitrogen and oxygen atoms in total. The number of aliphatic hydroxyl groups excluding tert-OH is 2. The first-order valence-corrected chi connectivity index (χ1v) is 9.25. The largest absolute Gasteiger partial charge is 0.377 e. The van der Waals surface area contributed by atoms with Gasteiger partial charge in [0.25, 0.3) is 0 Å². The molecule has 0 heterocycles.